The number of hydrogen-bond acceptors (Lipinski definition) is 4. The Morgan fingerprint density at radius 3 is 2.31 bits per heavy atom. The molecule has 86 valence electrons. The Morgan fingerprint density at radius 1 is 1.12 bits per heavy atom. The zero-order valence-corrected chi connectivity index (χ0v) is 8.73. The van der Waals surface area contributed by atoms with Crippen molar-refractivity contribution in [2.45, 2.75) is 19.8 Å². The molecular formula is C11H12O5. The van der Waals surface area contributed by atoms with E-state index in [2.05, 4.69) is 0 Å². The van der Waals surface area contributed by atoms with Crippen LogP contribution in [0.2, 0.25) is 0 Å². The van der Waals surface area contributed by atoms with E-state index in [-0.39, 0.29) is 29.9 Å². The second-order valence-electron chi connectivity index (χ2n) is 3.47. The normalized spacial score (nSPS) is 10.1. The van der Waals surface area contributed by atoms with Crippen molar-refractivity contribution in [1.29, 1.82) is 0 Å². The largest absolute Gasteiger partial charge is 0.508 e. The molecule has 0 aliphatic rings. The van der Waals surface area contributed by atoms with Crippen molar-refractivity contribution in [1.82, 2.24) is 0 Å². The van der Waals surface area contributed by atoms with Gasteiger partial charge in [0.1, 0.15) is 11.5 Å². The maximum Gasteiger partial charge on any atom is 0.303 e. The maximum absolute atomic E-state index is 11.5. The van der Waals surface area contributed by atoms with Crippen LogP contribution in [0.4, 0.5) is 0 Å². The van der Waals surface area contributed by atoms with Gasteiger partial charge in [-0.15, -0.1) is 0 Å². The summed E-state index contributed by atoms with van der Waals surface area (Å²) in [7, 11) is 0. The summed E-state index contributed by atoms with van der Waals surface area (Å²) < 4.78 is 0. The fourth-order valence-corrected chi connectivity index (χ4v) is 1.26. The molecule has 0 bridgehead atoms. The number of rotatable bonds is 4. The Hall–Kier alpha value is -2.04. The van der Waals surface area contributed by atoms with Gasteiger partial charge >= 0.3 is 5.97 Å². The van der Waals surface area contributed by atoms with Gasteiger partial charge in [0.25, 0.3) is 0 Å². The van der Waals surface area contributed by atoms with Crippen LogP contribution in [0, 0.1) is 6.92 Å². The van der Waals surface area contributed by atoms with E-state index < -0.39 is 11.8 Å². The van der Waals surface area contributed by atoms with Gasteiger partial charge in [0.05, 0.1) is 12.0 Å². The zero-order chi connectivity index (χ0) is 12.3. The van der Waals surface area contributed by atoms with E-state index in [0.717, 1.165) is 6.07 Å². The van der Waals surface area contributed by atoms with E-state index in [4.69, 9.17) is 5.11 Å². The van der Waals surface area contributed by atoms with Gasteiger partial charge in [-0.25, -0.2) is 0 Å². The topological polar surface area (TPSA) is 94.8 Å². The minimum Gasteiger partial charge on any atom is -0.508 e. The highest BCUT2D eigenvalue weighted by molar-refractivity contribution is 6.00. The van der Waals surface area contributed by atoms with Crippen LogP contribution in [0.15, 0.2) is 12.1 Å². The highest BCUT2D eigenvalue weighted by atomic mass is 16.4. The fourth-order valence-electron chi connectivity index (χ4n) is 1.26. The summed E-state index contributed by atoms with van der Waals surface area (Å²) in [4.78, 5) is 21.8. The highest BCUT2D eigenvalue weighted by Gasteiger charge is 2.14. The first-order valence-corrected chi connectivity index (χ1v) is 4.69. The smallest absolute Gasteiger partial charge is 0.303 e. The lowest BCUT2D eigenvalue weighted by Gasteiger charge is -2.06. The van der Waals surface area contributed by atoms with E-state index >= 15 is 0 Å². The molecule has 0 saturated carbocycles. The minimum atomic E-state index is -1.07. The van der Waals surface area contributed by atoms with Gasteiger partial charge in [0, 0.05) is 12.5 Å². The van der Waals surface area contributed by atoms with Crippen molar-refractivity contribution in [3.05, 3.63) is 23.3 Å². The molecule has 0 radical (unpaired) electrons. The van der Waals surface area contributed by atoms with Gasteiger partial charge in [0.2, 0.25) is 0 Å². The first kappa shape index (κ1) is 12.0. The second-order valence-corrected chi connectivity index (χ2v) is 3.47. The number of phenols is 2. The lowest BCUT2D eigenvalue weighted by atomic mass is 10.0. The third kappa shape index (κ3) is 2.73. The first-order chi connectivity index (χ1) is 7.41. The average molecular weight is 224 g/mol. The summed E-state index contributed by atoms with van der Waals surface area (Å²) in [6.07, 6.45) is -0.453. The molecule has 0 atom stereocenters. The molecule has 0 heterocycles. The van der Waals surface area contributed by atoms with E-state index in [1.54, 1.807) is 6.92 Å². The number of Topliss-reactive ketones (excluding diaryl/α,β-unsaturated/α-hetero) is 1. The van der Waals surface area contributed by atoms with Crippen LogP contribution >= 0.6 is 0 Å². The number of phenolic OH excluding ortho intramolecular Hbond substituents is 2. The Kier molecular flexibility index (Phi) is 3.50. The SMILES string of the molecule is Cc1cc(C(=O)CCC(=O)O)c(O)cc1O. The van der Waals surface area contributed by atoms with E-state index in [9.17, 15) is 19.8 Å². The van der Waals surface area contributed by atoms with Gasteiger partial charge in [-0.3, -0.25) is 9.59 Å². The molecule has 0 aliphatic carbocycles. The molecule has 16 heavy (non-hydrogen) atoms. The average Bonchev–Trinajstić information content (AvgIpc) is 2.20. The zero-order valence-electron chi connectivity index (χ0n) is 8.73. The summed E-state index contributed by atoms with van der Waals surface area (Å²) >= 11 is 0. The Labute approximate surface area is 92.0 Å². The lowest BCUT2D eigenvalue weighted by molar-refractivity contribution is -0.136. The van der Waals surface area contributed by atoms with E-state index in [0.29, 0.717) is 5.56 Å². The van der Waals surface area contributed by atoms with Crippen molar-refractivity contribution in [2.24, 2.45) is 0 Å². The molecule has 0 fully saturated rings. The number of carbonyl (C=O) groups excluding carboxylic acids is 1. The number of ketones is 1. The summed E-state index contributed by atoms with van der Waals surface area (Å²) in [5.41, 5.74) is 0.494. The van der Waals surface area contributed by atoms with Crippen LogP contribution in [-0.2, 0) is 4.79 Å². The Morgan fingerprint density at radius 2 is 1.75 bits per heavy atom. The van der Waals surface area contributed by atoms with Crippen molar-refractivity contribution in [3.8, 4) is 11.5 Å². The van der Waals surface area contributed by atoms with E-state index in [1.165, 1.54) is 6.07 Å². The Bertz CT molecular complexity index is 436. The predicted molar refractivity (Wildman–Crippen MR) is 55.7 cm³/mol. The third-order valence-electron chi connectivity index (χ3n) is 2.18. The molecule has 0 saturated heterocycles. The number of hydrogen-bond donors (Lipinski definition) is 3. The predicted octanol–water partition coefficient (Wildman–Crippen LogP) is 1.45. The fraction of sp³-hybridized carbons (Fsp3) is 0.273. The number of aryl methyl sites for hydroxylation is 1. The molecule has 5 heteroatoms. The van der Waals surface area contributed by atoms with E-state index in [1.807, 2.05) is 0 Å². The summed E-state index contributed by atoms with van der Waals surface area (Å²) in [6.45, 7) is 1.59. The van der Waals surface area contributed by atoms with Crippen LogP contribution in [0.5, 0.6) is 11.5 Å². The molecule has 0 aliphatic heterocycles. The van der Waals surface area contributed by atoms with Gasteiger partial charge < -0.3 is 15.3 Å². The molecule has 0 amide bonds. The van der Waals surface area contributed by atoms with Crippen LogP contribution < -0.4 is 0 Å². The molecule has 0 unspecified atom stereocenters. The van der Waals surface area contributed by atoms with Gasteiger partial charge in [-0.05, 0) is 18.6 Å². The number of carbonyl (C=O) groups is 2. The monoisotopic (exact) mass is 224 g/mol. The number of carboxylic acids is 1. The molecule has 0 aromatic heterocycles. The summed E-state index contributed by atoms with van der Waals surface area (Å²) in [5.74, 6) is -1.96. The maximum atomic E-state index is 11.5. The molecular weight excluding hydrogens is 212 g/mol. The van der Waals surface area contributed by atoms with Crippen LogP contribution in [-0.4, -0.2) is 27.1 Å². The standard InChI is InChI=1S/C11H12O5/c1-6-4-7(10(14)5-9(6)13)8(12)2-3-11(15)16/h4-5,13-14H,2-3H2,1H3,(H,15,16). The number of benzene rings is 1. The third-order valence-corrected chi connectivity index (χ3v) is 2.18. The second kappa shape index (κ2) is 4.65. The van der Waals surface area contributed by atoms with Crippen molar-refractivity contribution in [2.75, 3.05) is 0 Å². The van der Waals surface area contributed by atoms with Gasteiger partial charge in [-0.1, -0.05) is 0 Å². The highest BCUT2D eigenvalue weighted by Crippen LogP contribution is 2.27. The van der Waals surface area contributed by atoms with Crippen LogP contribution in [0.3, 0.4) is 0 Å². The summed E-state index contributed by atoms with van der Waals surface area (Å²) in [6, 6.07) is 2.41. The number of aromatic hydroxyl groups is 2. The first-order valence-electron chi connectivity index (χ1n) is 4.69. The molecule has 3 N–H and O–H groups in total. The number of aliphatic carboxylic acids is 1. The van der Waals surface area contributed by atoms with Crippen molar-refractivity contribution < 1.29 is 24.9 Å². The minimum absolute atomic E-state index is 0.0385. The molecule has 5 nitrogen and oxygen atoms in total. The molecule has 0 spiro atoms. The molecule has 1 rings (SSSR count). The summed E-state index contributed by atoms with van der Waals surface area (Å²) in [5, 5.41) is 27.1. The Balaban J connectivity index is 2.91. The number of carboxylic acid groups (broad SMARTS) is 1. The van der Waals surface area contributed by atoms with Crippen LogP contribution in [0.25, 0.3) is 0 Å². The lowest BCUT2D eigenvalue weighted by Crippen LogP contribution is -2.04. The van der Waals surface area contributed by atoms with Gasteiger partial charge in [0.15, 0.2) is 5.78 Å². The molecule has 1 aromatic carbocycles. The van der Waals surface area contributed by atoms with Gasteiger partial charge in [-0.2, -0.15) is 0 Å². The van der Waals surface area contributed by atoms with Crippen LogP contribution in [0.1, 0.15) is 28.8 Å². The van der Waals surface area contributed by atoms with Crippen molar-refractivity contribution in [3.63, 3.8) is 0 Å². The quantitative estimate of drug-likeness (QED) is 0.673. The molecule has 1 aromatic rings. The van der Waals surface area contributed by atoms with Crippen molar-refractivity contribution >= 4 is 11.8 Å².